The molecule has 1 saturated heterocycles. The van der Waals surface area contributed by atoms with Crippen LogP contribution < -0.4 is 5.32 Å². The Morgan fingerprint density at radius 1 is 1.13 bits per heavy atom. The quantitative estimate of drug-likeness (QED) is 0.642. The number of hydrogen-bond donors (Lipinski definition) is 1. The summed E-state index contributed by atoms with van der Waals surface area (Å²) in [6.45, 7) is 8.30. The van der Waals surface area contributed by atoms with E-state index in [0.717, 1.165) is 57.2 Å². The summed E-state index contributed by atoms with van der Waals surface area (Å²) in [6, 6.07) is 5.96. The first-order valence-corrected chi connectivity index (χ1v) is 12.1. The molecule has 0 spiro atoms. The molecule has 1 fully saturated rings. The molecule has 1 unspecified atom stereocenters. The van der Waals surface area contributed by atoms with Gasteiger partial charge >= 0.3 is 0 Å². The lowest BCUT2D eigenvalue weighted by Gasteiger charge is -2.34. The van der Waals surface area contributed by atoms with Crippen LogP contribution in [0.4, 0.5) is 9.39 Å². The Morgan fingerprint density at radius 3 is 2.52 bits per heavy atom. The zero-order valence-electron chi connectivity index (χ0n) is 18.6. The van der Waals surface area contributed by atoms with E-state index in [9.17, 15) is 14.0 Å². The third-order valence-electron chi connectivity index (χ3n) is 6.69. The monoisotopic (exact) mass is 442 g/mol. The first-order valence-electron chi connectivity index (χ1n) is 11.3. The number of halogens is 1. The second-order valence-electron chi connectivity index (χ2n) is 9.80. The van der Waals surface area contributed by atoms with E-state index in [1.54, 1.807) is 12.1 Å². The maximum absolute atomic E-state index is 14.2. The summed E-state index contributed by atoms with van der Waals surface area (Å²) in [7, 11) is 0. The number of rotatable bonds is 3. The zero-order valence-corrected chi connectivity index (χ0v) is 19.4. The van der Waals surface area contributed by atoms with Crippen molar-refractivity contribution < 1.29 is 14.0 Å². The molecule has 1 aromatic heterocycles. The van der Waals surface area contributed by atoms with Crippen LogP contribution in [0.1, 0.15) is 77.6 Å². The molecule has 1 aromatic carbocycles. The van der Waals surface area contributed by atoms with Crippen molar-refractivity contribution in [1.29, 1.82) is 0 Å². The van der Waals surface area contributed by atoms with Gasteiger partial charge < -0.3 is 10.2 Å². The van der Waals surface area contributed by atoms with E-state index in [-0.39, 0.29) is 16.9 Å². The third kappa shape index (κ3) is 4.54. The molecule has 31 heavy (non-hydrogen) atoms. The molecule has 6 heteroatoms. The van der Waals surface area contributed by atoms with E-state index < -0.39 is 11.7 Å². The number of benzene rings is 1. The summed E-state index contributed by atoms with van der Waals surface area (Å²) in [4.78, 5) is 29.5. The van der Waals surface area contributed by atoms with Crippen LogP contribution in [0.2, 0.25) is 0 Å². The van der Waals surface area contributed by atoms with E-state index >= 15 is 0 Å². The fourth-order valence-corrected chi connectivity index (χ4v) is 6.02. The second-order valence-corrected chi connectivity index (χ2v) is 10.9. The SMILES string of the molecule is CC(C)(C)C1CCc2c(sc(NC(=O)c3ccccc3F)c2C(=O)N2CCCCC2)C1. The standard InChI is InChI=1S/C25H31FN2O2S/c1-25(2,3)16-11-12-18-20(15-16)31-23(21(18)24(30)28-13-7-4-8-14-28)27-22(29)17-9-5-6-10-19(17)26/h5-6,9-10,16H,4,7-8,11-15H2,1-3H3,(H,27,29). The highest BCUT2D eigenvalue weighted by Crippen LogP contribution is 2.45. The van der Waals surface area contributed by atoms with E-state index in [1.807, 2.05) is 4.90 Å². The van der Waals surface area contributed by atoms with E-state index in [0.29, 0.717) is 16.5 Å². The normalized spacial score (nSPS) is 19.1. The Bertz CT molecular complexity index is 986. The topological polar surface area (TPSA) is 49.4 Å². The average molecular weight is 443 g/mol. The largest absolute Gasteiger partial charge is 0.339 e. The minimum Gasteiger partial charge on any atom is -0.339 e. The predicted octanol–water partition coefficient (Wildman–Crippen LogP) is 5.92. The number of thiophene rings is 1. The van der Waals surface area contributed by atoms with Crippen LogP contribution in [-0.2, 0) is 12.8 Å². The predicted molar refractivity (Wildman–Crippen MR) is 123 cm³/mol. The Balaban J connectivity index is 1.69. The first-order chi connectivity index (χ1) is 14.8. The number of amides is 2. The van der Waals surface area contributed by atoms with Gasteiger partial charge in [-0.15, -0.1) is 11.3 Å². The molecule has 166 valence electrons. The van der Waals surface area contributed by atoms with Crippen molar-refractivity contribution in [3.05, 3.63) is 51.7 Å². The van der Waals surface area contributed by atoms with E-state index in [1.165, 1.54) is 28.3 Å². The second kappa shape index (κ2) is 8.73. The lowest BCUT2D eigenvalue weighted by Crippen LogP contribution is -2.36. The van der Waals surface area contributed by atoms with Gasteiger partial charge in [0, 0.05) is 18.0 Å². The summed E-state index contributed by atoms with van der Waals surface area (Å²) in [5.41, 5.74) is 1.91. The number of piperidine rings is 1. The number of carbonyl (C=O) groups is 2. The Labute approximate surface area is 187 Å². The van der Waals surface area contributed by atoms with Gasteiger partial charge in [0.25, 0.3) is 11.8 Å². The number of hydrogen-bond acceptors (Lipinski definition) is 3. The van der Waals surface area contributed by atoms with Gasteiger partial charge in [0.2, 0.25) is 0 Å². The smallest absolute Gasteiger partial charge is 0.259 e. The molecule has 2 amide bonds. The average Bonchev–Trinajstić information content (AvgIpc) is 3.10. The van der Waals surface area contributed by atoms with Gasteiger partial charge in [-0.2, -0.15) is 0 Å². The summed E-state index contributed by atoms with van der Waals surface area (Å²) in [5, 5.41) is 3.46. The van der Waals surface area contributed by atoms with Crippen LogP contribution in [0.5, 0.6) is 0 Å². The molecule has 4 nitrogen and oxygen atoms in total. The van der Waals surface area contributed by atoms with Crippen molar-refractivity contribution in [3.63, 3.8) is 0 Å². The van der Waals surface area contributed by atoms with Crippen molar-refractivity contribution in [3.8, 4) is 0 Å². The van der Waals surface area contributed by atoms with Crippen molar-refractivity contribution in [2.45, 2.75) is 59.3 Å². The van der Waals surface area contributed by atoms with Crippen molar-refractivity contribution >= 4 is 28.2 Å². The molecular formula is C25H31FN2O2S. The maximum Gasteiger partial charge on any atom is 0.259 e. The van der Waals surface area contributed by atoms with Crippen LogP contribution in [0, 0.1) is 17.2 Å². The van der Waals surface area contributed by atoms with Gasteiger partial charge in [-0.1, -0.05) is 32.9 Å². The highest BCUT2D eigenvalue weighted by atomic mass is 32.1. The number of anilines is 1. The molecular weight excluding hydrogens is 411 g/mol. The molecule has 2 heterocycles. The molecule has 0 radical (unpaired) electrons. The van der Waals surface area contributed by atoms with Crippen LogP contribution in [-0.4, -0.2) is 29.8 Å². The maximum atomic E-state index is 14.2. The Hall–Kier alpha value is -2.21. The number of carbonyl (C=O) groups excluding carboxylic acids is 2. The minimum atomic E-state index is -0.557. The fraction of sp³-hybridized carbons (Fsp3) is 0.520. The molecule has 2 aliphatic rings. The Morgan fingerprint density at radius 2 is 1.84 bits per heavy atom. The highest BCUT2D eigenvalue weighted by Gasteiger charge is 2.35. The van der Waals surface area contributed by atoms with Crippen LogP contribution >= 0.6 is 11.3 Å². The number of nitrogens with one attached hydrogen (secondary N) is 1. The minimum absolute atomic E-state index is 0.00203. The molecule has 2 aromatic rings. The van der Waals surface area contributed by atoms with Crippen LogP contribution in [0.15, 0.2) is 24.3 Å². The molecule has 1 aliphatic heterocycles. The van der Waals surface area contributed by atoms with E-state index in [4.69, 9.17) is 0 Å². The van der Waals surface area contributed by atoms with Crippen LogP contribution in [0.25, 0.3) is 0 Å². The molecule has 4 rings (SSSR count). The number of likely N-dealkylation sites (tertiary alicyclic amines) is 1. The summed E-state index contributed by atoms with van der Waals surface area (Å²) < 4.78 is 14.2. The van der Waals surface area contributed by atoms with Crippen molar-refractivity contribution in [2.75, 3.05) is 18.4 Å². The molecule has 0 saturated carbocycles. The first kappa shape index (κ1) is 22.0. The van der Waals surface area contributed by atoms with Gasteiger partial charge in [-0.05, 0) is 67.6 Å². The summed E-state index contributed by atoms with van der Waals surface area (Å²) >= 11 is 1.50. The van der Waals surface area contributed by atoms with Crippen molar-refractivity contribution in [1.82, 2.24) is 4.90 Å². The lowest BCUT2D eigenvalue weighted by molar-refractivity contribution is 0.0724. The van der Waals surface area contributed by atoms with Gasteiger partial charge in [-0.25, -0.2) is 4.39 Å². The molecule has 1 N–H and O–H groups in total. The lowest BCUT2D eigenvalue weighted by atomic mass is 9.72. The summed E-state index contributed by atoms with van der Waals surface area (Å²) in [6.07, 6.45) is 5.98. The number of nitrogens with zero attached hydrogens (tertiary/aromatic N) is 1. The fourth-order valence-electron chi connectivity index (χ4n) is 4.71. The zero-order chi connectivity index (χ0) is 22.2. The third-order valence-corrected chi connectivity index (χ3v) is 7.86. The molecule has 1 atom stereocenters. The Kier molecular flexibility index (Phi) is 6.20. The van der Waals surface area contributed by atoms with Gasteiger partial charge in [0.1, 0.15) is 10.8 Å². The number of fused-ring (bicyclic) bond motifs is 1. The summed E-state index contributed by atoms with van der Waals surface area (Å²) in [5.74, 6) is -0.517. The van der Waals surface area contributed by atoms with Gasteiger partial charge in [-0.3, -0.25) is 9.59 Å². The van der Waals surface area contributed by atoms with Gasteiger partial charge in [0.05, 0.1) is 11.1 Å². The molecule has 1 aliphatic carbocycles. The van der Waals surface area contributed by atoms with Crippen LogP contribution in [0.3, 0.4) is 0 Å². The highest BCUT2D eigenvalue weighted by molar-refractivity contribution is 7.17. The van der Waals surface area contributed by atoms with E-state index in [2.05, 4.69) is 26.1 Å². The van der Waals surface area contributed by atoms with Crippen molar-refractivity contribution in [2.24, 2.45) is 11.3 Å². The van der Waals surface area contributed by atoms with Gasteiger partial charge in [0.15, 0.2) is 0 Å². The molecule has 0 bridgehead atoms.